The lowest BCUT2D eigenvalue weighted by molar-refractivity contribution is -0.117. The van der Waals surface area contributed by atoms with Gasteiger partial charge in [-0.1, -0.05) is 24.6 Å². The minimum Gasteiger partial charge on any atom is -0.383 e. The number of ether oxygens (including phenoxy) is 1. The molecule has 2 N–H and O–H groups in total. The molecule has 0 aromatic carbocycles. The third kappa shape index (κ3) is 4.99. The zero-order valence-electron chi connectivity index (χ0n) is 16.9. The molecule has 8 nitrogen and oxygen atoms in total. The minimum atomic E-state index is -0.561. The summed E-state index contributed by atoms with van der Waals surface area (Å²) in [5.41, 5.74) is 0.959. The number of hydrogen-bond acceptors (Lipinski definition) is 7. The molecule has 1 fully saturated rings. The van der Waals surface area contributed by atoms with E-state index in [9.17, 15) is 14.4 Å². The fourth-order valence-corrected chi connectivity index (χ4v) is 5.41. The van der Waals surface area contributed by atoms with Crippen molar-refractivity contribution in [3.05, 3.63) is 20.8 Å². The maximum Gasteiger partial charge on any atom is 0.321 e. The minimum absolute atomic E-state index is 0.00566. The van der Waals surface area contributed by atoms with Crippen LogP contribution in [0.5, 0.6) is 0 Å². The van der Waals surface area contributed by atoms with E-state index in [-0.39, 0.29) is 17.4 Å². The third-order valence-corrected chi connectivity index (χ3v) is 7.12. The summed E-state index contributed by atoms with van der Waals surface area (Å²) in [4.78, 5) is 43.7. The van der Waals surface area contributed by atoms with Gasteiger partial charge in [-0.15, -0.1) is 11.3 Å². The summed E-state index contributed by atoms with van der Waals surface area (Å²) in [6.07, 6.45) is 4.06. The molecule has 0 atom stereocenters. The molecule has 1 aliphatic carbocycles. The monoisotopic (exact) mass is 438 g/mol. The Bertz CT molecular complexity index is 963. The van der Waals surface area contributed by atoms with Gasteiger partial charge < -0.3 is 10.1 Å². The van der Waals surface area contributed by atoms with Crippen molar-refractivity contribution in [3.8, 4) is 0 Å². The summed E-state index contributed by atoms with van der Waals surface area (Å²) in [6, 6.07) is -0.448. The van der Waals surface area contributed by atoms with Crippen LogP contribution in [0.15, 0.2) is 9.95 Å². The average molecular weight is 439 g/mol. The second-order valence-electron chi connectivity index (χ2n) is 7.06. The van der Waals surface area contributed by atoms with Crippen molar-refractivity contribution < 1.29 is 14.3 Å². The predicted molar refractivity (Wildman–Crippen MR) is 115 cm³/mol. The number of urea groups is 1. The lowest BCUT2D eigenvalue weighted by Gasteiger charge is -2.18. The first-order valence-corrected chi connectivity index (χ1v) is 11.4. The summed E-state index contributed by atoms with van der Waals surface area (Å²) in [7, 11) is 1.53. The van der Waals surface area contributed by atoms with Crippen LogP contribution in [0.3, 0.4) is 0 Å². The molecule has 0 saturated heterocycles. The van der Waals surface area contributed by atoms with Crippen molar-refractivity contribution >= 4 is 45.3 Å². The Labute approximate surface area is 177 Å². The maximum atomic E-state index is 13.3. The van der Waals surface area contributed by atoms with Crippen LogP contribution in [0.2, 0.25) is 0 Å². The van der Waals surface area contributed by atoms with Crippen LogP contribution < -0.4 is 16.2 Å². The third-order valence-electron chi connectivity index (χ3n) is 5.07. The molecule has 3 amide bonds. The van der Waals surface area contributed by atoms with Gasteiger partial charge in [-0.3, -0.25) is 19.5 Å². The highest BCUT2D eigenvalue weighted by molar-refractivity contribution is 7.99. The lowest BCUT2D eigenvalue weighted by Crippen LogP contribution is -2.41. The number of nitrogens with zero attached hydrogens (tertiary/aromatic N) is 2. The number of carbonyl (C=O) groups excluding carboxylic acids is 2. The number of methoxy groups -OCH3 is 1. The molecule has 3 rings (SSSR count). The summed E-state index contributed by atoms with van der Waals surface area (Å²) in [5, 5.41) is 6.05. The Kier molecular flexibility index (Phi) is 7.31. The molecule has 2 heterocycles. The zero-order chi connectivity index (χ0) is 21.0. The summed E-state index contributed by atoms with van der Waals surface area (Å²) in [6.45, 7) is 4.63. The van der Waals surface area contributed by atoms with E-state index in [1.54, 1.807) is 4.57 Å². The Hall–Kier alpha value is -1.91. The van der Waals surface area contributed by atoms with Crippen LogP contribution >= 0.6 is 23.1 Å². The number of amides is 3. The first-order chi connectivity index (χ1) is 13.9. The first-order valence-electron chi connectivity index (χ1n) is 9.64. The standard InChI is InChI=1S/C19H26N4O4S2/c1-11-12(2)29-16-15(11)17(25)23(13-6-4-5-7-13)19(22-16)28-10-14(24)21-18(26)20-8-9-27-3/h13H,4-10H2,1-3H3,(H2,20,21,24,26). The van der Waals surface area contributed by atoms with Gasteiger partial charge in [0.25, 0.3) is 5.56 Å². The molecule has 1 aliphatic rings. The van der Waals surface area contributed by atoms with Crippen LogP contribution in [-0.4, -0.2) is 47.5 Å². The predicted octanol–water partition coefficient (Wildman–Crippen LogP) is 2.75. The number of imide groups is 1. The summed E-state index contributed by atoms with van der Waals surface area (Å²) < 4.78 is 6.62. The normalized spacial score (nSPS) is 14.4. The molecule has 0 bridgehead atoms. The van der Waals surface area contributed by atoms with Gasteiger partial charge in [-0.2, -0.15) is 0 Å². The fourth-order valence-electron chi connectivity index (χ4n) is 3.48. The Morgan fingerprint density at radius 1 is 1.31 bits per heavy atom. The molecule has 0 aliphatic heterocycles. The van der Waals surface area contributed by atoms with E-state index in [0.717, 1.165) is 36.1 Å². The van der Waals surface area contributed by atoms with Gasteiger partial charge in [0.2, 0.25) is 5.91 Å². The second kappa shape index (κ2) is 9.73. The molecule has 10 heteroatoms. The van der Waals surface area contributed by atoms with Gasteiger partial charge in [-0.05, 0) is 32.3 Å². The molecule has 1 saturated carbocycles. The number of thiophene rings is 1. The highest BCUT2D eigenvalue weighted by Crippen LogP contribution is 2.34. The van der Waals surface area contributed by atoms with Crippen LogP contribution in [0, 0.1) is 13.8 Å². The quantitative estimate of drug-likeness (QED) is 0.392. The van der Waals surface area contributed by atoms with Crippen LogP contribution in [0.4, 0.5) is 4.79 Å². The fraction of sp³-hybridized carbons (Fsp3) is 0.579. The average Bonchev–Trinajstić information content (AvgIpc) is 3.29. The van der Waals surface area contributed by atoms with E-state index >= 15 is 0 Å². The van der Waals surface area contributed by atoms with E-state index < -0.39 is 11.9 Å². The van der Waals surface area contributed by atoms with E-state index in [2.05, 4.69) is 10.6 Å². The van der Waals surface area contributed by atoms with Crippen LogP contribution in [-0.2, 0) is 9.53 Å². The van der Waals surface area contributed by atoms with E-state index in [1.165, 1.54) is 30.2 Å². The molecule has 0 unspecified atom stereocenters. The number of aryl methyl sites for hydroxylation is 2. The molecule has 2 aromatic heterocycles. The number of nitrogens with one attached hydrogen (secondary N) is 2. The number of thioether (sulfide) groups is 1. The van der Waals surface area contributed by atoms with Crippen molar-refractivity contribution in [2.45, 2.75) is 50.7 Å². The number of fused-ring (bicyclic) bond motifs is 1. The van der Waals surface area contributed by atoms with Crippen molar-refractivity contribution in [2.24, 2.45) is 0 Å². The number of aromatic nitrogens is 2. The van der Waals surface area contributed by atoms with Gasteiger partial charge in [-0.25, -0.2) is 9.78 Å². The SMILES string of the molecule is COCCNC(=O)NC(=O)CSc1nc2sc(C)c(C)c2c(=O)n1C1CCCC1. The number of hydrogen-bond donors (Lipinski definition) is 2. The summed E-state index contributed by atoms with van der Waals surface area (Å²) in [5.74, 6) is -0.429. The molecule has 29 heavy (non-hydrogen) atoms. The highest BCUT2D eigenvalue weighted by atomic mass is 32.2. The van der Waals surface area contributed by atoms with Gasteiger partial charge in [0, 0.05) is 24.6 Å². The van der Waals surface area contributed by atoms with Crippen LogP contribution in [0.1, 0.15) is 42.2 Å². The number of rotatable bonds is 7. The molecular formula is C19H26N4O4S2. The summed E-state index contributed by atoms with van der Waals surface area (Å²) >= 11 is 2.70. The Morgan fingerprint density at radius 2 is 2.03 bits per heavy atom. The van der Waals surface area contributed by atoms with E-state index in [0.29, 0.717) is 28.5 Å². The first kappa shape index (κ1) is 21.8. The van der Waals surface area contributed by atoms with Gasteiger partial charge in [0.05, 0.1) is 17.7 Å². The van der Waals surface area contributed by atoms with Crippen molar-refractivity contribution in [1.82, 2.24) is 20.2 Å². The van der Waals surface area contributed by atoms with Gasteiger partial charge >= 0.3 is 6.03 Å². The molecule has 2 aromatic rings. The lowest BCUT2D eigenvalue weighted by atomic mass is 10.2. The highest BCUT2D eigenvalue weighted by Gasteiger charge is 2.25. The molecule has 158 valence electrons. The largest absolute Gasteiger partial charge is 0.383 e. The van der Waals surface area contributed by atoms with Gasteiger partial charge in [0.15, 0.2) is 5.16 Å². The van der Waals surface area contributed by atoms with Gasteiger partial charge in [0.1, 0.15) is 4.83 Å². The van der Waals surface area contributed by atoms with Crippen molar-refractivity contribution in [1.29, 1.82) is 0 Å². The Balaban J connectivity index is 1.79. The Morgan fingerprint density at radius 3 is 2.72 bits per heavy atom. The molecule has 0 spiro atoms. The van der Waals surface area contributed by atoms with Crippen molar-refractivity contribution in [2.75, 3.05) is 26.0 Å². The van der Waals surface area contributed by atoms with E-state index in [4.69, 9.17) is 9.72 Å². The van der Waals surface area contributed by atoms with Crippen LogP contribution in [0.25, 0.3) is 10.2 Å². The number of carbonyl (C=O) groups is 2. The molecular weight excluding hydrogens is 412 g/mol. The van der Waals surface area contributed by atoms with Crippen molar-refractivity contribution in [3.63, 3.8) is 0 Å². The zero-order valence-corrected chi connectivity index (χ0v) is 18.5. The smallest absolute Gasteiger partial charge is 0.321 e. The topological polar surface area (TPSA) is 102 Å². The second-order valence-corrected chi connectivity index (χ2v) is 9.20. The molecule has 0 radical (unpaired) electrons. The van der Waals surface area contributed by atoms with E-state index in [1.807, 2.05) is 13.8 Å². The maximum absolute atomic E-state index is 13.3.